The third kappa shape index (κ3) is 1.76. The number of aromatic hydroxyl groups is 1. The molecule has 2 aromatic carbocycles. The van der Waals surface area contributed by atoms with Crippen molar-refractivity contribution in [3.05, 3.63) is 58.9 Å². The summed E-state index contributed by atoms with van der Waals surface area (Å²) in [6, 6.07) is 10.1. The van der Waals surface area contributed by atoms with E-state index >= 15 is 0 Å². The van der Waals surface area contributed by atoms with E-state index in [0.717, 1.165) is 6.33 Å². The predicted octanol–water partition coefficient (Wildman–Crippen LogP) is 2.43. The van der Waals surface area contributed by atoms with Gasteiger partial charge in [-0.1, -0.05) is 30.3 Å². The third-order valence-corrected chi connectivity index (χ3v) is 2.93. The van der Waals surface area contributed by atoms with Gasteiger partial charge < -0.3 is 10.1 Å². The fourth-order valence-corrected chi connectivity index (χ4v) is 2.00. The number of phenolic OH excluding ortho intramolecular Hbond substituents is 1. The van der Waals surface area contributed by atoms with Crippen molar-refractivity contribution in [2.45, 2.75) is 0 Å². The fraction of sp³-hybridized carbons (Fsp3) is 0. The Balaban J connectivity index is 2.42. The zero-order chi connectivity index (χ0) is 13.4. The Kier molecular flexibility index (Phi) is 2.52. The van der Waals surface area contributed by atoms with Gasteiger partial charge in [-0.2, -0.15) is 0 Å². The average Bonchev–Trinajstić information content (AvgIpc) is 2.44. The topological polar surface area (TPSA) is 66.0 Å². The molecule has 94 valence electrons. The van der Waals surface area contributed by atoms with Crippen LogP contribution < -0.4 is 5.56 Å². The Labute approximate surface area is 107 Å². The minimum atomic E-state index is -0.781. The molecule has 3 rings (SSSR count). The van der Waals surface area contributed by atoms with Crippen LogP contribution in [0.2, 0.25) is 0 Å². The summed E-state index contributed by atoms with van der Waals surface area (Å²) in [6.45, 7) is 0. The number of phenols is 1. The van der Waals surface area contributed by atoms with Crippen LogP contribution in [0, 0.1) is 5.82 Å². The van der Waals surface area contributed by atoms with Crippen LogP contribution in [0.4, 0.5) is 4.39 Å². The molecule has 1 aromatic heterocycles. The van der Waals surface area contributed by atoms with Gasteiger partial charge in [0, 0.05) is 5.56 Å². The molecular weight excluding hydrogens is 247 g/mol. The normalized spacial score (nSPS) is 10.8. The first-order valence-corrected chi connectivity index (χ1v) is 5.63. The second-order valence-electron chi connectivity index (χ2n) is 4.08. The van der Waals surface area contributed by atoms with Gasteiger partial charge in [0.1, 0.15) is 5.52 Å². The Morgan fingerprint density at radius 1 is 1.21 bits per heavy atom. The molecule has 19 heavy (non-hydrogen) atoms. The number of hydrogen-bond acceptors (Lipinski definition) is 3. The van der Waals surface area contributed by atoms with Crippen LogP contribution in [0.25, 0.3) is 22.0 Å². The lowest BCUT2D eigenvalue weighted by Gasteiger charge is -2.07. The predicted molar refractivity (Wildman–Crippen MR) is 69.4 cm³/mol. The molecular formula is C14H9FN2O2. The van der Waals surface area contributed by atoms with Crippen molar-refractivity contribution in [3.63, 3.8) is 0 Å². The lowest BCUT2D eigenvalue weighted by molar-refractivity contribution is 0.438. The van der Waals surface area contributed by atoms with Crippen LogP contribution >= 0.6 is 0 Å². The van der Waals surface area contributed by atoms with Crippen LogP contribution in [0.1, 0.15) is 0 Å². The SMILES string of the molecule is O=c1[nH]cnc2c(O)c(F)c(-c3ccccc3)cc12. The molecule has 0 saturated heterocycles. The second kappa shape index (κ2) is 4.20. The number of halogens is 1. The van der Waals surface area contributed by atoms with Gasteiger partial charge in [0.05, 0.1) is 11.7 Å². The number of rotatable bonds is 1. The first kappa shape index (κ1) is 11.4. The van der Waals surface area contributed by atoms with Gasteiger partial charge in [0.2, 0.25) is 0 Å². The molecule has 0 aliphatic heterocycles. The number of nitrogens with zero attached hydrogens (tertiary/aromatic N) is 1. The van der Waals surface area contributed by atoms with Crippen molar-refractivity contribution in [3.8, 4) is 16.9 Å². The van der Waals surface area contributed by atoms with E-state index in [2.05, 4.69) is 9.97 Å². The first-order valence-electron chi connectivity index (χ1n) is 5.63. The zero-order valence-electron chi connectivity index (χ0n) is 9.72. The molecule has 0 amide bonds. The highest BCUT2D eigenvalue weighted by Crippen LogP contribution is 2.33. The van der Waals surface area contributed by atoms with E-state index in [1.807, 2.05) is 0 Å². The summed E-state index contributed by atoms with van der Waals surface area (Å²) in [5, 5.41) is 9.99. The maximum Gasteiger partial charge on any atom is 0.258 e. The van der Waals surface area contributed by atoms with Crippen LogP contribution in [-0.2, 0) is 0 Å². The standard InChI is InChI=1S/C14H9FN2O2/c15-11-9(8-4-2-1-3-5-8)6-10-12(13(11)18)16-7-17-14(10)19/h1-7,18H,(H,16,17,19). The van der Waals surface area contributed by atoms with Gasteiger partial charge in [-0.15, -0.1) is 0 Å². The minimum Gasteiger partial charge on any atom is -0.503 e. The maximum atomic E-state index is 14.1. The Morgan fingerprint density at radius 2 is 1.95 bits per heavy atom. The molecule has 0 atom stereocenters. The largest absolute Gasteiger partial charge is 0.503 e. The summed E-state index contributed by atoms with van der Waals surface area (Å²) in [5.74, 6) is -1.39. The lowest BCUT2D eigenvalue weighted by atomic mass is 10.0. The van der Waals surface area contributed by atoms with E-state index < -0.39 is 17.1 Å². The molecule has 0 fully saturated rings. The molecule has 5 heteroatoms. The van der Waals surface area contributed by atoms with E-state index in [9.17, 15) is 14.3 Å². The maximum absolute atomic E-state index is 14.1. The van der Waals surface area contributed by atoms with Gasteiger partial charge >= 0.3 is 0 Å². The van der Waals surface area contributed by atoms with Crippen LogP contribution in [-0.4, -0.2) is 15.1 Å². The molecule has 0 unspecified atom stereocenters. The highest BCUT2D eigenvalue weighted by atomic mass is 19.1. The molecule has 0 bridgehead atoms. The number of aromatic nitrogens is 2. The number of H-pyrrole nitrogens is 1. The molecule has 0 radical (unpaired) electrons. The molecule has 4 nitrogen and oxygen atoms in total. The summed E-state index contributed by atoms with van der Waals surface area (Å²) in [4.78, 5) is 17.9. The summed E-state index contributed by atoms with van der Waals surface area (Å²) in [6.07, 6.45) is 1.13. The lowest BCUT2D eigenvalue weighted by Crippen LogP contribution is -2.07. The molecule has 2 N–H and O–H groups in total. The number of aromatic amines is 1. The van der Waals surface area contributed by atoms with Gasteiger partial charge in [-0.25, -0.2) is 9.37 Å². The van der Waals surface area contributed by atoms with Crippen molar-refractivity contribution in [2.75, 3.05) is 0 Å². The number of fused-ring (bicyclic) bond motifs is 1. The van der Waals surface area contributed by atoms with E-state index in [4.69, 9.17) is 0 Å². The molecule has 0 aliphatic rings. The van der Waals surface area contributed by atoms with Crippen molar-refractivity contribution in [1.82, 2.24) is 9.97 Å². The Hall–Kier alpha value is -2.69. The quantitative estimate of drug-likeness (QED) is 0.702. The third-order valence-electron chi connectivity index (χ3n) is 2.93. The van der Waals surface area contributed by atoms with Gasteiger partial charge in [-0.05, 0) is 11.6 Å². The summed E-state index contributed by atoms with van der Waals surface area (Å²) in [5.41, 5.74) is 0.294. The molecule has 0 saturated carbocycles. The highest BCUT2D eigenvalue weighted by Gasteiger charge is 2.16. The average molecular weight is 256 g/mol. The highest BCUT2D eigenvalue weighted by molar-refractivity contribution is 5.89. The minimum absolute atomic E-state index is 0.0408. The van der Waals surface area contributed by atoms with Gasteiger partial charge in [-0.3, -0.25) is 4.79 Å². The van der Waals surface area contributed by atoms with Crippen LogP contribution in [0.5, 0.6) is 5.75 Å². The van der Waals surface area contributed by atoms with E-state index in [0.29, 0.717) is 5.56 Å². The van der Waals surface area contributed by atoms with Crippen molar-refractivity contribution < 1.29 is 9.50 Å². The van der Waals surface area contributed by atoms with Crippen LogP contribution in [0.3, 0.4) is 0 Å². The van der Waals surface area contributed by atoms with Crippen molar-refractivity contribution >= 4 is 10.9 Å². The second-order valence-corrected chi connectivity index (χ2v) is 4.08. The summed E-state index contributed by atoms with van der Waals surface area (Å²) >= 11 is 0. The monoisotopic (exact) mass is 256 g/mol. The molecule has 3 aromatic rings. The molecule has 1 heterocycles. The fourth-order valence-electron chi connectivity index (χ4n) is 2.00. The van der Waals surface area contributed by atoms with E-state index in [-0.39, 0.29) is 16.5 Å². The molecule has 0 aliphatic carbocycles. The van der Waals surface area contributed by atoms with Gasteiger partial charge in [0.15, 0.2) is 11.6 Å². The summed E-state index contributed by atoms with van der Waals surface area (Å²) in [7, 11) is 0. The number of hydrogen-bond donors (Lipinski definition) is 2. The first-order chi connectivity index (χ1) is 9.18. The van der Waals surface area contributed by atoms with Crippen LogP contribution in [0.15, 0.2) is 47.5 Å². The zero-order valence-corrected chi connectivity index (χ0v) is 9.72. The molecule has 0 spiro atoms. The smallest absolute Gasteiger partial charge is 0.258 e. The Bertz CT molecular complexity index is 813. The number of benzene rings is 2. The van der Waals surface area contributed by atoms with Gasteiger partial charge in [0.25, 0.3) is 5.56 Å². The number of nitrogens with one attached hydrogen (secondary N) is 1. The summed E-state index contributed by atoms with van der Waals surface area (Å²) < 4.78 is 14.1. The van der Waals surface area contributed by atoms with Crippen molar-refractivity contribution in [2.24, 2.45) is 0 Å². The van der Waals surface area contributed by atoms with Crippen molar-refractivity contribution in [1.29, 1.82) is 0 Å². The Morgan fingerprint density at radius 3 is 2.68 bits per heavy atom. The van der Waals surface area contributed by atoms with E-state index in [1.165, 1.54) is 6.07 Å². The van der Waals surface area contributed by atoms with E-state index in [1.54, 1.807) is 30.3 Å².